The monoisotopic (exact) mass is 323 g/mol. The van der Waals surface area contributed by atoms with Crippen molar-refractivity contribution in [2.75, 3.05) is 25.3 Å². The number of para-hydroxylation sites is 1. The van der Waals surface area contributed by atoms with Crippen LogP contribution in [0.1, 0.15) is 17.5 Å². The number of amides is 1. The van der Waals surface area contributed by atoms with Crippen molar-refractivity contribution in [1.29, 1.82) is 0 Å². The molecule has 0 saturated carbocycles. The molecule has 0 spiro atoms. The number of nitrogens with zero attached hydrogens (tertiary/aromatic N) is 1. The first-order chi connectivity index (χ1) is 11.8. The summed E-state index contributed by atoms with van der Waals surface area (Å²) in [6.45, 7) is 0.992. The Labute approximate surface area is 142 Å². The molecule has 1 amide bonds. The Bertz CT molecular complexity index is 722. The van der Waals surface area contributed by atoms with E-state index in [1.807, 2.05) is 53.4 Å². The number of ether oxygens (including phenoxy) is 2. The minimum atomic E-state index is 0.0156. The molecule has 0 aliphatic carbocycles. The number of carbonyl (C=O) groups is 1. The molecule has 0 saturated heterocycles. The summed E-state index contributed by atoms with van der Waals surface area (Å²) in [5.41, 5.74) is 3.23. The standard InChI is InChI=1S/C20H21NO3/c1-23-15-24-18-11-8-16(9-12-18)10-13-20(22)21-14-4-6-17-5-2-3-7-19(17)21/h2-3,5,7-13H,4,6,14-15H2,1H3/b13-10+. The van der Waals surface area contributed by atoms with Gasteiger partial charge in [-0.1, -0.05) is 30.3 Å². The lowest BCUT2D eigenvalue weighted by atomic mass is 10.0. The van der Waals surface area contributed by atoms with Crippen molar-refractivity contribution in [1.82, 2.24) is 0 Å². The maximum atomic E-state index is 12.5. The molecule has 4 heteroatoms. The van der Waals surface area contributed by atoms with Crippen molar-refractivity contribution in [2.24, 2.45) is 0 Å². The van der Waals surface area contributed by atoms with Crippen LogP contribution in [-0.4, -0.2) is 26.4 Å². The Morgan fingerprint density at radius 1 is 1.17 bits per heavy atom. The van der Waals surface area contributed by atoms with Crippen LogP contribution in [0.25, 0.3) is 6.08 Å². The highest BCUT2D eigenvalue weighted by atomic mass is 16.7. The fourth-order valence-electron chi connectivity index (χ4n) is 2.82. The van der Waals surface area contributed by atoms with Gasteiger partial charge in [-0.25, -0.2) is 0 Å². The fraction of sp³-hybridized carbons (Fsp3) is 0.250. The molecule has 1 heterocycles. The quantitative estimate of drug-likeness (QED) is 0.622. The molecule has 3 rings (SSSR count). The number of fused-ring (bicyclic) bond motifs is 1. The first kappa shape index (κ1) is 16.3. The second-order valence-corrected chi connectivity index (χ2v) is 5.68. The van der Waals surface area contributed by atoms with Gasteiger partial charge in [0.15, 0.2) is 6.79 Å². The van der Waals surface area contributed by atoms with Gasteiger partial charge in [0, 0.05) is 25.4 Å². The smallest absolute Gasteiger partial charge is 0.250 e. The van der Waals surface area contributed by atoms with E-state index in [-0.39, 0.29) is 12.7 Å². The molecule has 1 aliphatic rings. The topological polar surface area (TPSA) is 38.8 Å². The molecule has 0 aromatic heterocycles. The SMILES string of the molecule is COCOc1ccc(/C=C/C(=O)N2CCCc3ccccc32)cc1. The molecule has 0 N–H and O–H groups in total. The van der Waals surface area contributed by atoms with Crippen LogP contribution in [0.2, 0.25) is 0 Å². The summed E-state index contributed by atoms with van der Waals surface area (Å²) in [6.07, 6.45) is 5.50. The van der Waals surface area contributed by atoms with E-state index < -0.39 is 0 Å². The molecule has 124 valence electrons. The Morgan fingerprint density at radius 2 is 1.96 bits per heavy atom. The van der Waals surface area contributed by atoms with E-state index >= 15 is 0 Å². The second-order valence-electron chi connectivity index (χ2n) is 5.68. The molecular weight excluding hydrogens is 302 g/mol. The summed E-state index contributed by atoms with van der Waals surface area (Å²) in [5, 5.41) is 0. The van der Waals surface area contributed by atoms with Gasteiger partial charge in [0.25, 0.3) is 5.91 Å². The lowest BCUT2D eigenvalue weighted by Gasteiger charge is -2.28. The maximum absolute atomic E-state index is 12.5. The molecule has 24 heavy (non-hydrogen) atoms. The largest absolute Gasteiger partial charge is 0.468 e. The Kier molecular flexibility index (Phi) is 5.29. The van der Waals surface area contributed by atoms with E-state index in [2.05, 4.69) is 6.07 Å². The molecule has 4 nitrogen and oxygen atoms in total. The lowest BCUT2D eigenvalue weighted by molar-refractivity contribution is -0.114. The summed E-state index contributed by atoms with van der Waals surface area (Å²) in [4.78, 5) is 14.4. The minimum Gasteiger partial charge on any atom is -0.468 e. The van der Waals surface area contributed by atoms with Crippen LogP contribution in [0.4, 0.5) is 5.69 Å². The van der Waals surface area contributed by atoms with Crippen molar-refractivity contribution in [3.8, 4) is 5.75 Å². The van der Waals surface area contributed by atoms with Crippen LogP contribution in [-0.2, 0) is 16.0 Å². The highest BCUT2D eigenvalue weighted by Crippen LogP contribution is 2.27. The fourth-order valence-corrected chi connectivity index (χ4v) is 2.82. The van der Waals surface area contributed by atoms with Crippen LogP contribution >= 0.6 is 0 Å². The number of aryl methyl sites for hydroxylation is 1. The number of anilines is 1. The molecule has 2 aromatic carbocycles. The molecule has 0 radical (unpaired) electrons. The molecular formula is C20H21NO3. The lowest BCUT2D eigenvalue weighted by Crippen LogP contribution is -2.34. The number of benzene rings is 2. The predicted octanol–water partition coefficient (Wildman–Crippen LogP) is 3.66. The molecule has 0 fully saturated rings. The second kappa shape index (κ2) is 7.79. The van der Waals surface area contributed by atoms with E-state index in [9.17, 15) is 4.79 Å². The third-order valence-corrected chi connectivity index (χ3v) is 4.02. The Morgan fingerprint density at radius 3 is 2.75 bits per heavy atom. The van der Waals surface area contributed by atoms with E-state index in [0.717, 1.165) is 36.4 Å². The van der Waals surface area contributed by atoms with Gasteiger partial charge in [-0.15, -0.1) is 0 Å². The highest BCUT2D eigenvalue weighted by Gasteiger charge is 2.20. The number of hydrogen-bond donors (Lipinski definition) is 0. The zero-order valence-electron chi connectivity index (χ0n) is 13.8. The summed E-state index contributed by atoms with van der Waals surface area (Å²) in [7, 11) is 1.58. The van der Waals surface area contributed by atoms with Gasteiger partial charge in [0.1, 0.15) is 5.75 Å². The van der Waals surface area contributed by atoms with Gasteiger partial charge in [-0.3, -0.25) is 4.79 Å². The molecule has 0 atom stereocenters. The van der Waals surface area contributed by atoms with Crippen molar-refractivity contribution >= 4 is 17.7 Å². The maximum Gasteiger partial charge on any atom is 0.250 e. The molecule has 1 aliphatic heterocycles. The van der Waals surface area contributed by atoms with Gasteiger partial charge >= 0.3 is 0 Å². The normalized spacial score (nSPS) is 13.8. The first-order valence-corrected chi connectivity index (χ1v) is 8.07. The number of rotatable bonds is 5. The van der Waals surface area contributed by atoms with Gasteiger partial charge in [0.2, 0.25) is 0 Å². The number of hydrogen-bond acceptors (Lipinski definition) is 3. The van der Waals surface area contributed by atoms with Gasteiger partial charge in [-0.05, 0) is 48.2 Å². The zero-order chi connectivity index (χ0) is 16.8. The average Bonchev–Trinajstić information content (AvgIpc) is 2.64. The third kappa shape index (κ3) is 3.84. The van der Waals surface area contributed by atoms with Crippen LogP contribution in [0.3, 0.4) is 0 Å². The summed E-state index contributed by atoms with van der Waals surface area (Å²) in [6, 6.07) is 15.7. The van der Waals surface area contributed by atoms with Crippen LogP contribution < -0.4 is 9.64 Å². The minimum absolute atomic E-state index is 0.0156. The average molecular weight is 323 g/mol. The predicted molar refractivity (Wildman–Crippen MR) is 95.1 cm³/mol. The van der Waals surface area contributed by atoms with Gasteiger partial charge in [-0.2, -0.15) is 0 Å². The molecule has 2 aromatic rings. The summed E-state index contributed by atoms with van der Waals surface area (Å²) < 4.78 is 10.2. The van der Waals surface area contributed by atoms with E-state index in [0.29, 0.717) is 0 Å². The Balaban J connectivity index is 1.68. The molecule has 0 bridgehead atoms. The number of methoxy groups -OCH3 is 1. The van der Waals surface area contributed by atoms with Crippen LogP contribution in [0, 0.1) is 0 Å². The van der Waals surface area contributed by atoms with E-state index in [1.165, 1.54) is 5.56 Å². The van der Waals surface area contributed by atoms with E-state index in [1.54, 1.807) is 13.2 Å². The van der Waals surface area contributed by atoms with Crippen molar-refractivity contribution in [2.45, 2.75) is 12.8 Å². The third-order valence-electron chi connectivity index (χ3n) is 4.02. The molecule has 0 unspecified atom stereocenters. The van der Waals surface area contributed by atoms with Crippen molar-refractivity contribution in [3.05, 3.63) is 65.7 Å². The highest BCUT2D eigenvalue weighted by molar-refractivity contribution is 6.04. The summed E-state index contributed by atoms with van der Waals surface area (Å²) in [5.74, 6) is 0.757. The van der Waals surface area contributed by atoms with Crippen LogP contribution in [0.15, 0.2) is 54.6 Å². The summed E-state index contributed by atoms with van der Waals surface area (Å²) >= 11 is 0. The van der Waals surface area contributed by atoms with Crippen molar-refractivity contribution < 1.29 is 14.3 Å². The van der Waals surface area contributed by atoms with Crippen molar-refractivity contribution in [3.63, 3.8) is 0 Å². The van der Waals surface area contributed by atoms with Gasteiger partial charge < -0.3 is 14.4 Å². The Hall–Kier alpha value is -2.59. The first-order valence-electron chi connectivity index (χ1n) is 8.07. The van der Waals surface area contributed by atoms with E-state index in [4.69, 9.17) is 9.47 Å². The zero-order valence-corrected chi connectivity index (χ0v) is 13.8. The van der Waals surface area contributed by atoms with Crippen LogP contribution in [0.5, 0.6) is 5.75 Å². The van der Waals surface area contributed by atoms with Gasteiger partial charge in [0.05, 0.1) is 0 Å². The number of carbonyl (C=O) groups excluding carboxylic acids is 1.